The summed E-state index contributed by atoms with van der Waals surface area (Å²) < 4.78 is 11.0. The van der Waals surface area contributed by atoms with E-state index in [1.807, 2.05) is 24.3 Å². The second-order valence-corrected chi connectivity index (χ2v) is 14.2. The monoisotopic (exact) mass is 702 g/mol. The average Bonchev–Trinajstić information content (AvgIpc) is 3.91. The fourth-order valence-corrected chi connectivity index (χ4v) is 8.74. The van der Waals surface area contributed by atoms with Crippen molar-refractivity contribution < 1.29 is 4.42 Å². The van der Waals surface area contributed by atoms with Crippen LogP contribution in [0.15, 0.2) is 187 Å². The summed E-state index contributed by atoms with van der Waals surface area (Å²) in [4.78, 5) is 9.21. The highest BCUT2D eigenvalue weighted by Gasteiger charge is 2.18. The van der Waals surface area contributed by atoms with Crippen molar-refractivity contribution in [2.75, 3.05) is 0 Å². The molecule has 12 rings (SSSR count). The van der Waals surface area contributed by atoms with Crippen LogP contribution in [0.3, 0.4) is 0 Å². The van der Waals surface area contributed by atoms with E-state index in [0.717, 1.165) is 44.5 Å². The topological polar surface area (TPSA) is 48.8 Å². The summed E-state index contributed by atoms with van der Waals surface area (Å²) in [5.74, 6) is 0. The zero-order valence-electron chi connectivity index (χ0n) is 29.5. The molecule has 0 spiro atoms. The van der Waals surface area contributed by atoms with Gasteiger partial charge in [0.15, 0.2) is 5.58 Å². The third-order valence-electron chi connectivity index (χ3n) is 11.2. The predicted octanol–water partition coefficient (Wildman–Crippen LogP) is 13.1. The van der Waals surface area contributed by atoms with Gasteiger partial charge in [0.25, 0.3) is 0 Å². The molecule has 0 fully saturated rings. The van der Waals surface area contributed by atoms with E-state index in [2.05, 4.69) is 171 Å². The van der Waals surface area contributed by atoms with Crippen molar-refractivity contribution >= 4 is 76.5 Å². The molecule has 12 aromatic rings. The number of benzene rings is 8. The van der Waals surface area contributed by atoms with Crippen molar-refractivity contribution in [3.8, 4) is 33.8 Å². The lowest BCUT2D eigenvalue weighted by molar-refractivity contribution is 0.667. The number of para-hydroxylation sites is 3. The van der Waals surface area contributed by atoms with Gasteiger partial charge in [-0.3, -0.25) is 0 Å². The Morgan fingerprint density at radius 3 is 1.71 bits per heavy atom. The molecule has 0 aliphatic carbocycles. The summed E-state index contributed by atoms with van der Waals surface area (Å²) in [7, 11) is 0. The van der Waals surface area contributed by atoms with Crippen molar-refractivity contribution in [1.82, 2.24) is 19.1 Å². The van der Waals surface area contributed by atoms with Crippen LogP contribution in [0.1, 0.15) is 0 Å². The first-order chi connectivity index (χ1) is 27.3. The van der Waals surface area contributed by atoms with Crippen LogP contribution in [-0.2, 0) is 0 Å². The van der Waals surface area contributed by atoms with Crippen LogP contribution in [0.5, 0.6) is 0 Å². The normalized spacial score (nSPS) is 12.0. The molecule has 0 atom stereocenters. The Morgan fingerprint density at radius 1 is 0.400 bits per heavy atom. The van der Waals surface area contributed by atoms with Crippen LogP contribution in [-0.4, -0.2) is 19.1 Å². The minimum atomic E-state index is 0.706. The summed E-state index contributed by atoms with van der Waals surface area (Å²) in [6, 6.07) is 63.1. The lowest BCUT2D eigenvalue weighted by Gasteiger charge is -2.12. The SMILES string of the molecule is c1ccc2c(-n3c4ccccc4c4cc(-c5ccc6c(c5)c5ccccc5n6-c5ccc(-c6ncnc7c6oc6ccccc67)cc5)ccc43)cccc2c1. The Kier molecular flexibility index (Phi) is 6.27. The number of hydrogen-bond acceptors (Lipinski definition) is 3. The van der Waals surface area contributed by atoms with Crippen LogP contribution < -0.4 is 0 Å². The first kappa shape index (κ1) is 30.0. The molecular formula is C50H30N4O. The summed E-state index contributed by atoms with van der Waals surface area (Å²) in [6.07, 6.45) is 1.62. The highest BCUT2D eigenvalue weighted by Crippen LogP contribution is 2.40. The first-order valence-corrected chi connectivity index (χ1v) is 18.6. The molecule has 4 aromatic heterocycles. The summed E-state index contributed by atoms with van der Waals surface area (Å²) in [6.45, 7) is 0. The predicted molar refractivity (Wildman–Crippen MR) is 226 cm³/mol. The number of furan rings is 1. The molecule has 8 aromatic carbocycles. The number of aromatic nitrogens is 4. The summed E-state index contributed by atoms with van der Waals surface area (Å²) in [5, 5.41) is 8.40. The van der Waals surface area contributed by atoms with Crippen LogP contribution in [0.4, 0.5) is 0 Å². The quantitative estimate of drug-likeness (QED) is 0.183. The number of fused-ring (bicyclic) bond motifs is 10. The van der Waals surface area contributed by atoms with Crippen LogP contribution >= 0.6 is 0 Å². The van der Waals surface area contributed by atoms with Gasteiger partial charge in [-0.2, -0.15) is 0 Å². The van der Waals surface area contributed by atoms with E-state index in [1.54, 1.807) is 6.33 Å². The molecule has 0 saturated heterocycles. The first-order valence-electron chi connectivity index (χ1n) is 18.6. The van der Waals surface area contributed by atoms with E-state index >= 15 is 0 Å². The van der Waals surface area contributed by atoms with Crippen LogP contribution in [0, 0.1) is 0 Å². The van der Waals surface area contributed by atoms with Gasteiger partial charge < -0.3 is 13.6 Å². The van der Waals surface area contributed by atoms with E-state index in [-0.39, 0.29) is 0 Å². The largest absolute Gasteiger partial charge is 0.452 e. The van der Waals surface area contributed by atoms with Gasteiger partial charge >= 0.3 is 0 Å². The van der Waals surface area contributed by atoms with Crippen molar-refractivity contribution in [2.24, 2.45) is 0 Å². The van der Waals surface area contributed by atoms with E-state index in [1.165, 1.54) is 60.2 Å². The van der Waals surface area contributed by atoms with E-state index in [4.69, 9.17) is 4.42 Å². The molecule has 0 N–H and O–H groups in total. The van der Waals surface area contributed by atoms with Crippen LogP contribution in [0.25, 0.3) is 110 Å². The smallest absolute Gasteiger partial charge is 0.180 e. The molecule has 256 valence electrons. The fraction of sp³-hybridized carbons (Fsp3) is 0. The van der Waals surface area contributed by atoms with E-state index in [0.29, 0.717) is 5.58 Å². The molecule has 0 bridgehead atoms. The van der Waals surface area contributed by atoms with Gasteiger partial charge in [0.2, 0.25) is 0 Å². The Bertz CT molecular complexity index is 3490. The minimum absolute atomic E-state index is 0.706. The fourth-order valence-electron chi connectivity index (χ4n) is 8.74. The third-order valence-corrected chi connectivity index (χ3v) is 11.2. The molecule has 0 amide bonds. The van der Waals surface area contributed by atoms with Gasteiger partial charge in [0.1, 0.15) is 23.1 Å². The van der Waals surface area contributed by atoms with E-state index in [9.17, 15) is 0 Å². The maximum Gasteiger partial charge on any atom is 0.180 e. The van der Waals surface area contributed by atoms with Crippen molar-refractivity contribution in [1.29, 1.82) is 0 Å². The molecule has 55 heavy (non-hydrogen) atoms. The van der Waals surface area contributed by atoms with Crippen molar-refractivity contribution in [3.05, 3.63) is 182 Å². The van der Waals surface area contributed by atoms with Gasteiger partial charge in [-0.25, -0.2) is 9.97 Å². The minimum Gasteiger partial charge on any atom is -0.452 e. The maximum absolute atomic E-state index is 6.25. The molecule has 5 heteroatoms. The second-order valence-electron chi connectivity index (χ2n) is 14.2. The molecule has 4 heterocycles. The number of hydrogen-bond donors (Lipinski definition) is 0. The second kappa shape index (κ2) is 11.5. The van der Waals surface area contributed by atoms with Gasteiger partial charge in [-0.15, -0.1) is 0 Å². The van der Waals surface area contributed by atoms with E-state index < -0.39 is 0 Å². The zero-order chi connectivity index (χ0) is 36.0. The molecular weight excluding hydrogens is 673 g/mol. The molecule has 0 radical (unpaired) electrons. The highest BCUT2D eigenvalue weighted by atomic mass is 16.3. The Hall–Kier alpha value is -7.50. The van der Waals surface area contributed by atoms with Gasteiger partial charge in [0, 0.05) is 43.6 Å². The number of rotatable bonds is 4. The summed E-state index contributed by atoms with van der Waals surface area (Å²) >= 11 is 0. The molecule has 0 saturated carbocycles. The van der Waals surface area contributed by atoms with Crippen molar-refractivity contribution in [2.45, 2.75) is 0 Å². The van der Waals surface area contributed by atoms with Crippen molar-refractivity contribution in [3.63, 3.8) is 0 Å². The lowest BCUT2D eigenvalue weighted by Crippen LogP contribution is -1.95. The Balaban J connectivity index is 0.984. The third kappa shape index (κ3) is 4.41. The van der Waals surface area contributed by atoms with Gasteiger partial charge in [-0.1, -0.05) is 109 Å². The number of nitrogens with zero attached hydrogens (tertiary/aromatic N) is 4. The Morgan fingerprint density at radius 2 is 0.964 bits per heavy atom. The maximum atomic E-state index is 6.25. The van der Waals surface area contributed by atoms with Crippen LogP contribution in [0.2, 0.25) is 0 Å². The summed E-state index contributed by atoms with van der Waals surface area (Å²) in [5.41, 5.74) is 13.5. The zero-order valence-corrected chi connectivity index (χ0v) is 29.5. The Labute approximate surface area is 315 Å². The molecule has 0 aliphatic rings. The molecule has 0 aliphatic heterocycles. The highest BCUT2D eigenvalue weighted by molar-refractivity contribution is 6.13. The molecule has 5 nitrogen and oxygen atoms in total. The van der Waals surface area contributed by atoms with Gasteiger partial charge in [-0.05, 0) is 83.2 Å². The standard InChI is InChI=1S/C50H30N4O/c1-2-12-36-31(10-1)11-9-18-42(36)54-44-17-7-4-14-38(44)41-29-34(23-27-46(41)54)33-22-26-45-40(28-33)37-13-3-6-16-43(37)53(45)35-24-20-32(21-25-35)48-50-49(52-30-51-48)39-15-5-8-19-47(39)55-50/h1-30H. The lowest BCUT2D eigenvalue weighted by atomic mass is 10.0. The molecule has 0 unspecified atom stereocenters. The average molecular weight is 703 g/mol. The van der Waals surface area contributed by atoms with Gasteiger partial charge in [0.05, 0.1) is 27.8 Å².